The molecule has 0 bridgehead atoms. The molecule has 0 spiro atoms. The first-order valence-corrected chi connectivity index (χ1v) is 5.40. The Labute approximate surface area is 70.4 Å². The Hall–Kier alpha value is 0. The van der Waals surface area contributed by atoms with Crippen molar-refractivity contribution in [3.05, 3.63) is 0 Å². The Morgan fingerprint density at radius 2 is 1.73 bits per heavy atom. The van der Waals surface area contributed by atoms with Gasteiger partial charge in [0.25, 0.3) is 0 Å². The van der Waals surface area contributed by atoms with Crippen molar-refractivity contribution in [1.82, 2.24) is 0 Å². The second kappa shape index (κ2) is 3.16. The Kier molecular flexibility index (Phi) is 2.20. The summed E-state index contributed by atoms with van der Waals surface area (Å²) in [6, 6.07) is 0. The summed E-state index contributed by atoms with van der Waals surface area (Å²) in [6.45, 7) is 2.33. The van der Waals surface area contributed by atoms with Gasteiger partial charge in [-0.15, -0.1) is 0 Å². The molecule has 0 radical (unpaired) electrons. The molecule has 0 heteroatoms. The van der Waals surface area contributed by atoms with E-state index in [0.717, 1.165) is 5.92 Å². The van der Waals surface area contributed by atoms with Gasteiger partial charge in [0.2, 0.25) is 0 Å². The van der Waals surface area contributed by atoms with E-state index in [-0.39, 0.29) is 0 Å². The van der Waals surface area contributed by atoms with Crippen molar-refractivity contribution in [3.63, 3.8) is 0 Å². The summed E-state index contributed by atoms with van der Waals surface area (Å²) in [5.41, 5.74) is 0. The van der Waals surface area contributed by atoms with Crippen LogP contribution in [0.25, 0.3) is 0 Å². The van der Waals surface area contributed by atoms with Crippen LogP contribution in [-0.2, 0) is 0 Å². The lowest BCUT2D eigenvalue weighted by Gasteiger charge is -2.44. The quantitative estimate of drug-likeness (QED) is 0.567. The minimum absolute atomic E-state index is 1.11. The van der Waals surface area contributed by atoms with Crippen molar-refractivity contribution in [2.75, 3.05) is 0 Å². The maximum atomic E-state index is 2.33. The molecule has 0 aromatic heterocycles. The molecule has 0 saturated heterocycles. The molecule has 2 aliphatic rings. The fraction of sp³-hybridized carbons (Fsp3) is 1.00. The van der Waals surface area contributed by atoms with Crippen LogP contribution in [0.2, 0.25) is 0 Å². The van der Waals surface area contributed by atoms with E-state index in [4.69, 9.17) is 0 Å². The van der Waals surface area contributed by atoms with Gasteiger partial charge in [0.15, 0.2) is 0 Å². The summed E-state index contributed by atoms with van der Waals surface area (Å²) in [6.07, 6.45) is 10.7. The first-order chi connectivity index (χ1) is 5.40. The molecule has 2 rings (SSSR count). The molecular formula is C11H20. The predicted molar refractivity (Wildman–Crippen MR) is 48.5 cm³/mol. The zero-order valence-electron chi connectivity index (χ0n) is 7.68. The lowest BCUT2D eigenvalue weighted by atomic mass is 9.62. The summed E-state index contributed by atoms with van der Waals surface area (Å²) in [4.78, 5) is 0. The van der Waals surface area contributed by atoms with Crippen molar-refractivity contribution >= 4 is 0 Å². The third-order valence-electron chi connectivity index (χ3n) is 3.85. The van der Waals surface area contributed by atoms with E-state index in [0.29, 0.717) is 0 Å². The van der Waals surface area contributed by atoms with E-state index in [1.165, 1.54) is 24.7 Å². The maximum Gasteiger partial charge on any atom is -0.0383 e. The molecule has 0 amide bonds. The highest BCUT2D eigenvalue weighted by molar-refractivity contribution is 4.87. The summed E-state index contributed by atoms with van der Waals surface area (Å²) >= 11 is 0. The van der Waals surface area contributed by atoms with Crippen molar-refractivity contribution in [2.24, 2.45) is 17.8 Å². The smallest absolute Gasteiger partial charge is 0.0383 e. The van der Waals surface area contributed by atoms with Crippen LogP contribution in [0.15, 0.2) is 0 Å². The molecule has 3 atom stereocenters. The van der Waals surface area contributed by atoms with Crippen LogP contribution in [0.4, 0.5) is 0 Å². The van der Waals surface area contributed by atoms with Crippen LogP contribution in [-0.4, -0.2) is 0 Å². The third kappa shape index (κ3) is 1.45. The zero-order chi connectivity index (χ0) is 7.68. The minimum Gasteiger partial charge on any atom is -0.0654 e. The topological polar surface area (TPSA) is 0 Å². The standard InChI is InChI=1S/C11H20/c1-2-3-9-4-5-10-6-7-11(10)8-9/h9-11H,2-8H2,1H3. The van der Waals surface area contributed by atoms with Crippen LogP contribution in [0.3, 0.4) is 0 Å². The molecule has 0 aromatic carbocycles. The van der Waals surface area contributed by atoms with Crippen LogP contribution in [0, 0.1) is 17.8 Å². The minimum atomic E-state index is 1.11. The van der Waals surface area contributed by atoms with E-state index in [1.54, 1.807) is 32.1 Å². The third-order valence-corrected chi connectivity index (χ3v) is 3.85. The zero-order valence-corrected chi connectivity index (χ0v) is 7.68. The van der Waals surface area contributed by atoms with Crippen molar-refractivity contribution in [2.45, 2.75) is 51.9 Å². The van der Waals surface area contributed by atoms with Gasteiger partial charge < -0.3 is 0 Å². The van der Waals surface area contributed by atoms with Gasteiger partial charge in [-0.25, -0.2) is 0 Å². The van der Waals surface area contributed by atoms with Gasteiger partial charge in [0.05, 0.1) is 0 Å². The first kappa shape index (κ1) is 7.64. The Balaban J connectivity index is 1.79. The van der Waals surface area contributed by atoms with E-state index in [2.05, 4.69) is 6.92 Å². The Morgan fingerprint density at radius 1 is 1.00 bits per heavy atom. The van der Waals surface area contributed by atoms with Crippen LogP contribution >= 0.6 is 0 Å². The monoisotopic (exact) mass is 152 g/mol. The fourth-order valence-corrected chi connectivity index (χ4v) is 2.99. The average molecular weight is 152 g/mol. The van der Waals surface area contributed by atoms with Gasteiger partial charge in [-0.2, -0.15) is 0 Å². The molecule has 64 valence electrons. The van der Waals surface area contributed by atoms with E-state index >= 15 is 0 Å². The highest BCUT2D eigenvalue weighted by Gasteiger charge is 2.35. The summed E-state index contributed by atoms with van der Waals surface area (Å²) in [5, 5.41) is 0. The van der Waals surface area contributed by atoms with E-state index in [9.17, 15) is 0 Å². The van der Waals surface area contributed by atoms with Crippen LogP contribution < -0.4 is 0 Å². The van der Waals surface area contributed by atoms with E-state index in [1.807, 2.05) is 0 Å². The Morgan fingerprint density at radius 3 is 2.27 bits per heavy atom. The molecule has 3 unspecified atom stereocenters. The molecule has 2 aliphatic carbocycles. The SMILES string of the molecule is CCCC1CCC2CCC2C1. The molecule has 0 N–H and O–H groups in total. The van der Waals surface area contributed by atoms with Crippen LogP contribution in [0.5, 0.6) is 0 Å². The van der Waals surface area contributed by atoms with Gasteiger partial charge in [-0.05, 0) is 43.4 Å². The number of fused-ring (bicyclic) bond motifs is 1. The normalized spacial score (nSPS) is 42.8. The summed E-state index contributed by atoms with van der Waals surface area (Å²) in [5.74, 6) is 3.45. The largest absolute Gasteiger partial charge is 0.0654 e. The molecule has 2 fully saturated rings. The number of hydrogen-bond donors (Lipinski definition) is 0. The van der Waals surface area contributed by atoms with Gasteiger partial charge >= 0.3 is 0 Å². The fourth-order valence-electron chi connectivity index (χ4n) is 2.99. The lowest BCUT2D eigenvalue weighted by Crippen LogP contribution is -2.32. The molecule has 0 aromatic rings. The van der Waals surface area contributed by atoms with E-state index < -0.39 is 0 Å². The second-order valence-corrected chi connectivity index (χ2v) is 4.57. The summed E-state index contributed by atoms with van der Waals surface area (Å²) < 4.78 is 0. The second-order valence-electron chi connectivity index (χ2n) is 4.57. The van der Waals surface area contributed by atoms with Gasteiger partial charge in [-0.1, -0.05) is 26.2 Å². The van der Waals surface area contributed by atoms with Crippen LogP contribution in [0.1, 0.15) is 51.9 Å². The van der Waals surface area contributed by atoms with Crippen molar-refractivity contribution in [3.8, 4) is 0 Å². The van der Waals surface area contributed by atoms with Gasteiger partial charge in [-0.3, -0.25) is 0 Å². The van der Waals surface area contributed by atoms with Crippen molar-refractivity contribution < 1.29 is 0 Å². The lowest BCUT2D eigenvalue weighted by molar-refractivity contribution is 0.0764. The first-order valence-electron chi connectivity index (χ1n) is 5.40. The molecule has 0 heterocycles. The Bertz CT molecular complexity index is 128. The molecule has 2 saturated carbocycles. The summed E-state index contributed by atoms with van der Waals surface area (Å²) in [7, 11) is 0. The molecular weight excluding hydrogens is 132 g/mol. The highest BCUT2D eigenvalue weighted by atomic mass is 14.4. The highest BCUT2D eigenvalue weighted by Crippen LogP contribution is 2.47. The van der Waals surface area contributed by atoms with Gasteiger partial charge in [0, 0.05) is 0 Å². The molecule has 0 nitrogen and oxygen atoms in total. The maximum absolute atomic E-state index is 2.33. The van der Waals surface area contributed by atoms with Crippen molar-refractivity contribution in [1.29, 1.82) is 0 Å². The average Bonchev–Trinajstić information content (AvgIpc) is 1.96. The number of rotatable bonds is 2. The molecule has 0 aliphatic heterocycles. The number of hydrogen-bond acceptors (Lipinski definition) is 0. The molecule has 11 heavy (non-hydrogen) atoms. The predicted octanol–water partition coefficient (Wildman–Crippen LogP) is 3.61. The van der Waals surface area contributed by atoms with Gasteiger partial charge in [0.1, 0.15) is 0 Å².